The van der Waals surface area contributed by atoms with Crippen molar-refractivity contribution in [1.29, 1.82) is 0 Å². The third-order valence-electron chi connectivity index (χ3n) is 17.4. The van der Waals surface area contributed by atoms with Gasteiger partial charge in [-0.05, 0) is 0 Å². The topological polar surface area (TPSA) is 36.9 Å². The van der Waals surface area contributed by atoms with Gasteiger partial charge in [-0.15, -0.1) is 0 Å². The molecule has 0 aromatic heterocycles. The van der Waals surface area contributed by atoms with E-state index in [1.54, 1.807) is 11.1 Å². The molecule has 1 aliphatic heterocycles. The first-order chi connectivity index (χ1) is 30.1. The zero-order chi connectivity index (χ0) is 49.0. The van der Waals surface area contributed by atoms with E-state index in [4.69, 9.17) is 17.7 Å². The van der Waals surface area contributed by atoms with Gasteiger partial charge in [-0.3, -0.25) is 0 Å². The van der Waals surface area contributed by atoms with Crippen LogP contribution in [0.5, 0.6) is 11.5 Å². The summed E-state index contributed by atoms with van der Waals surface area (Å²) in [6, 6.07) is 14.2. The Balaban J connectivity index is 1.89. The van der Waals surface area contributed by atoms with E-state index in [0.717, 1.165) is 24.3 Å². The van der Waals surface area contributed by atoms with Gasteiger partial charge in [0.15, 0.2) is 0 Å². The Hall–Kier alpha value is -1.13. The van der Waals surface area contributed by atoms with Crippen molar-refractivity contribution in [2.24, 2.45) is 0 Å². The molecule has 1 fully saturated rings. The summed E-state index contributed by atoms with van der Waals surface area (Å²) in [5, 5.41) is 0. The average Bonchev–Trinajstić information content (AvgIpc) is 3.56. The molecular formula is C56H96O4Si4Zr. The van der Waals surface area contributed by atoms with Crippen molar-refractivity contribution in [1.82, 2.24) is 0 Å². The van der Waals surface area contributed by atoms with Crippen LogP contribution in [0, 0.1) is 0 Å². The van der Waals surface area contributed by atoms with Crippen LogP contribution in [0.2, 0.25) is 66.5 Å². The molecule has 65 heavy (non-hydrogen) atoms. The minimum atomic E-state index is -2.33. The summed E-state index contributed by atoms with van der Waals surface area (Å²) in [6.07, 6.45) is 2.00. The summed E-state index contributed by atoms with van der Waals surface area (Å²) >= 11 is -1.45. The summed E-state index contributed by atoms with van der Waals surface area (Å²) in [7, 11) is -9.25. The van der Waals surface area contributed by atoms with Gasteiger partial charge in [0.25, 0.3) is 0 Å². The molecule has 4 nitrogen and oxygen atoms in total. The van der Waals surface area contributed by atoms with E-state index in [2.05, 4.69) is 203 Å². The summed E-state index contributed by atoms with van der Waals surface area (Å²) in [5.41, 5.74) is 14.5. The van der Waals surface area contributed by atoms with E-state index >= 15 is 0 Å². The van der Waals surface area contributed by atoms with Crippen LogP contribution in [0.4, 0.5) is 0 Å². The van der Waals surface area contributed by atoms with Crippen molar-refractivity contribution in [2.75, 3.05) is 0 Å². The van der Waals surface area contributed by atoms with Gasteiger partial charge in [0.1, 0.15) is 0 Å². The van der Waals surface area contributed by atoms with Crippen LogP contribution >= 0.6 is 0 Å². The molecule has 2 aliphatic carbocycles. The molecule has 2 aromatic rings. The van der Waals surface area contributed by atoms with Gasteiger partial charge < -0.3 is 0 Å². The maximum absolute atomic E-state index is 8.07. The number of rotatable bonds is 20. The number of benzene rings is 2. The minimum absolute atomic E-state index is 0.337. The van der Waals surface area contributed by atoms with Crippen molar-refractivity contribution >= 4 is 44.8 Å². The molecule has 5 rings (SSSR count). The molecule has 9 heteroatoms. The zero-order valence-electron chi connectivity index (χ0n) is 46.1. The van der Waals surface area contributed by atoms with Gasteiger partial charge in [0, 0.05) is 0 Å². The maximum atomic E-state index is 8.07. The number of hydrogen-bond acceptors (Lipinski definition) is 4. The molecule has 1 heterocycles. The van der Waals surface area contributed by atoms with E-state index in [1.807, 2.05) is 0 Å². The molecule has 0 bridgehead atoms. The van der Waals surface area contributed by atoms with Crippen molar-refractivity contribution in [3.8, 4) is 11.5 Å². The summed E-state index contributed by atoms with van der Waals surface area (Å²) in [4.78, 5) is 0. The molecule has 2 aromatic carbocycles. The molecule has 0 N–H and O–H groups in total. The molecule has 364 valence electrons. The summed E-state index contributed by atoms with van der Waals surface area (Å²) in [6.45, 7) is 58.6. The van der Waals surface area contributed by atoms with Gasteiger partial charge in [-0.1, -0.05) is 0 Å². The first-order valence-corrected chi connectivity index (χ1v) is 37.8. The molecule has 2 unspecified atom stereocenters. The Morgan fingerprint density at radius 1 is 0.354 bits per heavy atom. The quantitative estimate of drug-likeness (QED) is 0.124. The monoisotopic (exact) mass is 1030 g/mol. The third-order valence-corrected chi connectivity index (χ3v) is 46.1. The fourth-order valence-corrected chi connectivity index (χ4v) is 41.5. The molecule has 0 spiro atoms. The van der Waals surface area contributed by atoms with Crippen molar-refractivity contribution in [3.05, 3.63) is 69.8 Å². The SMILES string of the molecule is CC(C)[Si](OC1=C2CCC3=C(O[Si](C(C)C)(C(C)C)C(C)C)c4cccc(O[Si](C(C)C)(C(C)C)C(C)C)c4[CH]3[Zr][CH]2c2c(O[Si](C(C)C)(C(C)C)C(C)C)cccc21)(C(C)C)C(C)C. The molecule has 3 aliphatic rings. The molecule has 0 saturated carbocycles. The molecule has 0 radical (unpaired) electrons. The predicted molar refractivity (Wildman–Crippen MR) is 289 cm³/mol. The molecular weight excluding hydrogens is 940 g/mol. The van der Waals surface area contributed by atoms with Crippen molar-refractivity contribution in [2.45, 2.75) is 253 Å². The van der Waals surface area contributed by atoms with E-state index in [-0.39, 0.29) is 0 Å². The first kappa shape index (κ1) is 54.8. The van der Waals surface area contributed by atoms with Crippen molar-refractivity contribution in [3.63, 3.8) is 0 Å². The van der Waals surface area contributed by atoms with Crippen LogP contribution in [-0.4, -0.2) is 33.3 Å². The fourth-order valence-electron chi connectivity index (χ4n) is 14.9. The summed E-state index contributed by atoms with van der Waals surface area (Å²) in [5.74, 6) is 4.78. The Labute approximate surface area is 416 Å². The number of allylic oxidation sites excluding steroid dienone is 2. The van der Waals surface area contributed by atoms with E-state index in [9.17, 15) is 0 Å². The Morgan fingerprint density at radius 2 is 0.585 bits per heavy atom. The fraction of sp³-hybridized carbons (Fsp3) is 0.714. The van der Waals surface area contributed by atoms with Crippen molar-refractivity contribution < 1.29 is 40.9 Å². The van der Waals surface area contributed by atoms with Gasteiger partial charge in [0.05, 0.1) is 0 Å². The van der Waals surface area contributed by atoms with Crippen LogP contribution in [-0.2, 0) is 32.1 Å². The van der Waals surface area contributed by atoms with Crippen LogP contribution in [0.1, 0.15) is 209 Å². The molecule has 1 saturated heterocycles. The van der Waals surface area contributed by atoms with Gasteiger partial charge >= 0.3 is 420 Å². The average molecular weight is 1040 g/mol. The zero-order valence-corrected chi connectivity index (χ0v) is 52.6. The Kier molecular flexibility index (Phi) is 17.4. The van der Waals surface area contributed by atoms with Crippen LogP contribution in [0.3, 0.4) is 0 Å². The van der Waals surface area contributed by atoms with Crippen LogP contribution < -0.4 is 8.85 Å². The number of hydrogen-bond donors (Lipinski definition) is 0. The standard InChI is InChI=1S/C56H96O4Si4.Zr/c1-35(2)61(36(3)4,37(5)6)57-53-29-25-27-49-51(53)33-47(55(49)59-63(41(13)14,42(15)16)43(17)18)31-32-48-34-52-50(56(48)60-64(44(19)20,45(21)22)46(23)24)28-26-30-54(52)58-62(38(7)8,39(9)10)40(11)12;/h25-30,33-46H,31-32H2,1-24H3;. The summed E-state index contributed by atoms with van der Waals surface area (Å²) < 4.78 is 32.6. The van der Waals surface area contributed by atoms with E-state index in [1.165, 1.54) is 33.8 Å². The normalized spacial score (nSPS) is 18.5. The number of fused-ring (bicyclic) bond motifs is 6. The first-order valence-electron chi connectivity index (χ1n) is 26.4. The molecule has 2 atom stereocenters. The second-order valence-corrected chi connectivity index (χ2v) is 49.5. The Bertz CT molecular complexity index is 1810. The van der Waals surface area contributed by atoms with Gasteiger partial charge in [-0.2, -0.15) is 0 Å². The third kappa shape index (κ3) is 9.11. The van der Waals surface area contributed by atoms with E-state index < -0.39 is 56.5 Å². The van der Waals surface area contributed by atoms with Crippen LogP contribution in [0.15, 0.2) is 47.5 Å². The van der Waals surface area contributed by atoms with Gasteiger partial charge in [0.2, 0.25) is 0 Å². The molecule has 0 amide bonds. The van der Waals surface area contributed by atoms with E-state index in [0.29, 0.717) is 73.7 Å². The second-order valence-electron chi connectivity index (χ2n) is 24.4. The van der Waals surface area contributed by atoms with Gasteiger partial charge in [-0.25, -0.2) is 0 Å². The predicted octanol–water partition coefficient (Wildman–Crippen LogP) is 19.3. The Morgan fingerprint density at radius 3 is 0.815 bits per heavy atom. The second kappa shape index (κ2) is 20.7. The van der Waals surface area contributed by atoms with Crippen LogP contribution in [0.25, 0.3) is 11.5 Å².